The minimum Gasteiger partial charge on any atom is -0.295 e. The predicted molar refractivity (Wildman–Crippen MR) is 155 cm³/mol. The Morgan fingerprint density at radius 2 is 0.919 bits per heavy atom. The second kappa shape index (κ2) is 13.8. The van der Waals surface area contributed by atoms with Crippen molar-refractivity contribution in [3.8, 4) is 44.5 Å². The van der Waals surface area contributed by atoms with Crippen molar-refractivity contribution in [2.45, 2.75) is 0 Å². The van der Waals surface area contributed by atoms with Gasteiger partial charge in [0.05, 0.1) is 0 Å². The van der Waals surface area contributed by atoms with Crippen molar-refractivity contribution in [3.05, 3.63) is 139 Å². The maximum absolute atomic E-state index is 4.79. The summed E-state index contributed by atoms with van der Waals surface area (Å²) < 4.78 is 0. The Kier molecular flexibility index (Phi) is 9.96. The summed E-state index contributed by atoms with van der Waals surface area (Å²) in [6, 6.07) is 40.1. The van der Waals surface area contributed by atoms with Gasteiger partial charge in [-0.05, 0) is 48.5 Å². The molecular weight excluding hydrogens is 663 g/mol. The van der Waals surface area contributed by atoms with Gasteiger partial charge in [0.2, 0.25) is 0 Å². The van der Waals surface area contributed by atoms with E-state index in [0.29, 0.717) is 0 Å². The van der Waals surface area contributed by atoms with E-state index in [1.807, 2.05) is 54.6 Å². The quantitative estimate of drug-likeness (QED) is 0.174. The molecule has 1 aromatic carbocycles. The van der Waals surface area contributed by atoms with Gasteiger partial charge in [0.1, 0.15) is 39.4 Å². The second-order valence-corrected chi connectivity index (χ2v) is 10.2. The third-order valence-corrected chi connectivity index (χ3v) is 7.58. The van der Waals surface area contributed by atoms with E-state index in [2.05, 4.69) is 82.2 Å². The Bertz CT molecular complexity index is 1290. The summed E-state index contributed by atoms with van der Waals surface area (Å²) in [6.07, 6.45) is 3.58. The van der Waals surface area contributed by atoms with E-state index in [1.54, 1.807) is 12.4 Å². The van der Waals surface area contributed by atoms with Crippen LogP contribution in [-0.2, 0) is 20.4 Å². The molecule has 37 heavy (non-hydrogen) atoms. The summed E-state index contributed by atoms with van der Waals surface area (Å²) >= 11 is 0. The number of benzene rings is 1. The largest absolute Gasteiger partial charge is 0.295 e. The Morgan fingerprint density at radius 3 is 1.35 bits per heavy atom. The predicted octanol–water partition coefficient (Wildman–Crippen LogP) is 8.65. The van der Waals surface area contributed by atoms with Gasteiger partial charge in [-0.2, -0.15) is 0 Å². The number of aromatic nitrogens is 3. The van der Waals surface area contributed by atoms with Gasteiger partial charge in [-0.25, -0.2) is 4.98 Å². The van der Waals surface area contributed by atoms with Crippen LogP contribution in [0.25, 0.3) is 44.5 Å². The van der Waals surface area contributed by atoms with Crippen LogP contribution < -0.4 is 0 Å². The smallest absolute Gasteiger partial charge is 0.171 e. The molecule has 0 saturated carbocycles. The molecule has 0 aliphatic rings. The summed E-state index contributed by atoms with van der Waals surface area (Å²) in [7, 11) is 1.45. The fourth-order valence-corrected chi connectivity index (χ4v) is 5.38. The molecule has 0 fully saturated rings. The Hall–Kier alpha value is -3.37. The van der Waals surface area contributed by atoms with Crippen molar-refractivity contribution < 1.29 is 20.4 Å². The maximum Gasteiger partial charge on any atom is 0.171 e. The standard InChI is InChI=1S/C16H11N2.C15H11NP2.Re/c1-3-10-17-15(8-1)13-6-5-7-14(12-13)16-9-2-4-11-18-16;1-3-10-17-14(8-1)12-6-5-7-13(16-12)15-9-2-4-11-18-15;/h2*1-11H;/q-1;;/p+2. The van der Waals surface area contributed by atoms with Gasteiger partial charge in [-0.3, -0.25) is 9.97 Å². The topological polar surface area (TPSA) is 38.7 Å². The first-order valence-corrected chi connectivity index (χ1v) is 13.8. The molecule has 0 N–H and O–H groups in total. The number of nitrogens with zero attached hydrogens (tertiary/aromatic N) is 3. The van der Waals surface area contributed by atoms with Crippen LogP contribution in [0.3, 0.4) is 0 Å². The van der Waals surface area contributed by atoms with E-state index in [-0.39, 0.29) is 20.4 Å². The van der Waals surface area contributed by atoms with Crippen molar-refractivity contribution in [2.75, 3.05) is 0 Å². The van der Waals surface area contributed by atoms with Crippen molar-refractivity contribution in [3.63, 3.8) is 0 Å². The van der Waals surface area contributed by atoms with Gasteiger partial charge in [0.15, 0.2) is 10.6 Å². The molecule has 5 aromatic heterocycles. The number of pyridine rings is 3. The minimum absolute atomic E-state index is 0. The van der Waals surface area contributed by atoms with Crippen LogP contribution in [0, 0.1) is 6.07 Å². The van der Waals surface area contributed by atoms with Gasteiger partial charge < -0.3 is 0 Å². The van der Waals surface area contributed by atoms with E-state index < -0.39 is 0 Å². The van der Waals surface area contributed by atoms with Crippen LogP contribution >= 0.6 is 16.4 Å². The maximum atomic E-state index is 4.79. The second-order valence-electron chi connectivity index (χ2n) is 7.87. The fraction of sp³-hybridized carbons (Fsp3) is 0. The van der Waals surface area contributed by atoms with Gasteiger partial charge in [-0.15, -0.1) is 24.3 Å². The zero-order chi connectivity index (χ0) is 24.4. The molecule has 0 bridgehead atoms. The molecule has 0 aliphatic carbocycles. The number of rotatable bonds is 4. The van der Waals surface area contributed by atoms with Crippen molar-refractivity contribution in [1.82, 2.24) is 15.0 Å². The Labute approximate surface area is 234 Å². The molecular formula is C31H24N3P2Re+. The van der Waals surface area contributed by atoms with Crippen LogP contribution in [0.15, 0.2) is 133 Å². The minimum atomic E-state index is 0. The summed E-state index contributed by atoms with van der Waals surface area (Å²) in [5.41, 5.74) is 6.03. The Morgan fingerprint density at radius 1 is 0.459 bits per heavy atom. The summed E-state index contributed by atoms with van der Waals surface area (Å²) in [5, 5.41) is 2.64. The summed E-state index contributed by atoms with van der Waals surface area (Å²) in [6.45, 7) is 0. The van der Waals surface area contributed by atoms with E-state index >= 15 is 0 Å². The van der Waals surface area contributed by atoms with Crippen molar-refractivity contribution in [1.29, 1.82) is 0 Å². The van der Waals surface area contributed by atoms with Crippen LogP contribution in [-0.4, -0.2) is 15.0 Å². The SMILES string of the molecule is [Re].[c-]1c(-c2ccccn2)cccc1-c1ccccn1.c1ccc(-c2cccc(-c3cccc[pH+]3)n2)[pH+]c1. The molecule has 0 spiro atoms. The van der Waals surface area contributed by atoms with Gasteiger partial charge >= 0.3 is 0 Å². The van der Waals surface area contributed by atoms with Crippen LogP contribution in [0.1, 0.15) is 0 Å². The number of hydrogen-bond acceptors (Lipinski definition) is 3. The monoisotopic (exact) mass is 687 g/mol. The molecule has 0 saturated heterocycles. The van der Waals surface area contributed by atoms with Crippen LogP contribution in [0.5, 0.6) is 0 Å². The molecule has 6 heteroatoms. The van der Waals surface area contributed by atoms with E-state index in [0.717, 1.165) is 50.3 Å². The molecule has 6 aromatic rings. The fourth-order valence-electron chi connectivity index (χ4n) is 3.65. The van der Waals surface area contributed by atoms with E-state index in [1.165, 1.54) is 10.6 Å². The van der Waals surface area contributed by atoms with Gasteiger partial charge in [-0.1, -0.05) is 53.6 Å². The molecule has 5 heterocycles. The molecule has 0 amide bonds. The van der Waals surface area contributed by atoms with E-state index in [4.69, 9.17) is 4.98 Å². The Balaban J connectivity index is 0.000000168. The zero-order valence-electron chi connectivity index (χ0n) is 19.9. The first kappa shape index (κ1) is 26.7. The third kappa shape index (κ3) is 7.33. The van der Waals surface area contributed by atoms with Gasteiger partial charge in [0.25, 0.3) is 0 Å². The van der Waals surface area contributed by atoms with Crippen LogP contribution in [0.4, 0.5) is 0 Å². The molecule has 2 unspecified atom stereocenters. The number of hydrogen-bond donors (Lipinski definition) is 0. The summed E-state index contributed by atoms with van der Waals surface area (Å²) in [5.74, 6) is 4.39. The molecule has 2 atom stereocenters. The molecule has 179 valence electrons. The van der Waals surface area contributed by atoms with E-state index in [9.17, 15) is 0 Å². The molecule has 3 nitrogen and oxygen atoms in total. The third-order valence-electron chi connectivity index (χ3n) is 5.40. The first-order valence-electron chi connectivity index (χ1n) is 11.6. The van der Waals surface area contributed by atoms with Crippen molar-refractivity contribution >= 4 is 16.4 Å². The van der Waals surface area contributed by atoms with Crippen LogP contribution in [0.2, 0.25) is 0 Å². The van der Waals surface area contributed by atoms with Crippen molar-refractivity contribution in [2.24, 2.45) is 0 Å². The van der Waals surface area contributed by atoms with Gasteiger partial charge in [0, 0.05) is 44.2 Å². The average Bonchev–Trinajstić information content (AvgIpc) is 2.99. The molecule has 1 radical (unpaired) electrons. The molecule has 6 rings (SSSR count). The average molecular weight is 687 g/mol. The first-order chi connectivity index (χ1) is 17.9. The normalized spacial score (nSPS) is 10.4. The zero-order valence-corrected chi connectivity index (χ0v) is 24.6. The summed E-state index contributed by atoms with van der Waals surface area (Å²) in [4.78, 5) is 13.5. The molecule has 0 aliphatic heterocycles.